The normalized spacial score (nSPS) is 11.5. The summed E-state index contributed by atoms with van der Waals surface area (Å²) < 4.78 is 5.10. The second kappa shape index (κ2) is 7.83. The first kappa shape index (κ1) is 15.6. The molecule has 0 saturated heterocycles. The zero-order valence-corrected chi connectivity index (χ0v) is 11.9. The van der Waals surface area contributed by atoms with Crippen LogP contribution in [0.3, 0.4) is 0 Å². The van der Waals surface area contributed by atoms with Gasteiger partial charge in [-0.15, -0.1) is 0 Å². The molecule has 2 rings (SSSR count). The number of alkyl carbamates (subject to hydrolysis) is 1. The Balaban J connectivity index is 1.95. The standard InChI is InChI=1S/C17H17NO4/c19-16(20)11-15(14-9-5-2-6-10-14)18-17(21)22-12-13-7-3-1-4-8-13/h1-10,15H,11-12H2,(H,18,21)(H,19,20)/p-1. The lowest BCUT2D eigenvalue weighted by Gasteiger charge is -2.19. The first-order valence-electron chi connectivity index (χ1n) is 6.87. The van der Waals surface area contributed by atoms with Gasteiger partial charge in [-0.1, -0.05) is 60.7 Å². The summed E-state index contributed by atoms with van der Waals surface area (Å²) in [6.45, 7) is 0.125. The summed E-state index contributed by atoms with van der Waals surface area (Å²) >= 11 is 0. The molecule has 22 heavy (non-hydrogen) atoms. The van der Waals surface area contributed by atoms with Gasteiger partial charge in [0.1, 0.15) is 6.61 Å². The number of aliphatic carboxylic acids is 1. The summed E-state index contributed by atoms with van der Waals surface area (Å²) in [4.78, 5) is 22.7. The van der Waals surface area contributed by atoms with Crippen molar-refractivity contribution in [2.45, 2.75) is 19.1 Å². The summed E-state index contributed by atoms with van der Waals surface area (Å²) in [6.07, 6.45) is -0.983. The van der Waals surface area contributed by atoms with E-state index < -0.39 is 18.1 Å². The van der Waals surface area contributed by atoms with Crippen LogP contribution in [0.25, 0.3) is 0 Å². The maximum absolute atomic E-state index is 11.8. The van der Waals surface area contributed by atoms with Gasteiger partial charge in [0.25, 0.3) is 0 Å². The summed E-state index contributed by atoms with van der Waals surface area (Å²) in [5, 5.41) is 13.4. The van der Waals surface area contributed by atoms with Crippen LogP contribution in [-0.4, -0.2) is 12.1 Å². The summed E-state index contributed by atoms with van der Waals surface area (Å²) in [5.74, 6) is -1.24. The maximum atomic E-state index is 11.8. The number of carboxylic acids is 1. The summed E-state index contributed by atoms with van der Waals surface area (Å²) in [6, 6.07) is 17.4. The van der Waals surface area contributed by atoms with Crippen molar-refractivity contribution in [3.63, 3.8) is 0 Å². The molecule has 2 aromatic carbocycles. The molecule has 2 aromatic rings. The number of hydrogen-bond donors (Lipinski definition) is 1. The molecule has 5 nitrogen and oxygen atoms in total. The average molecular weight is 298 g/mol. The van der Waals surface area contributed by atoms with E-state index in [2.05, 4.69) is 5.32 Å². The highest BCUT2D eigenvalue weighted by atomic mass is 16.5. The van der Waals surface area contributed by atoms with Gasteiger partial charge in [0.2, 0.25) is 0 Å². The van der Waals surface area contributed by atoms with Gasteiger partial charge in [-0.3, -0.25) is 0 Å². The summed E-state index contributed by atoms with van der Waals surface area (Å²) in [5.41, 5.74) is 1.54. The van der Waals surface area contributed by atoms with Crippen LogP contribution in [0.4, 0.5) is 4.79 Å². The first-order valence-corrected chi connectivity index (χ1v) is 6.87. The van der Waals surface area contributed by atoms with E-state index in [1.807, 2.05) is 36.4 Å². The molecular formula is C17H16NO4-. The van der Waals surface area contributed by atoms with Crippen LogP contribution >= 0.6 is 0 Å². The van der Waals surface area contributed by atoms with E-state index in [9.17, 15) is 14.7 Å². The molecule has 0 bridgehead atoms. The number of carbonyl (C=O) groups excluding carboxylic acids is 2. The van der Waals surface area contributed by atoms with Crippen molar-refractivity contribution in [2.75, 3.05) is 0 Å². The molecule has 0 aromatic heterocycles. The van der Waals surface area contributed by atoms with Crippen LogP contribution in [0.2, 0.25) is 0 Å². The SMILES string of the molecule is O=C([O-])CC(NC(=O)OCc1ccccc1)c1ccccc1. The molecule has 0 aliphatic heterocycles. The second-order valence-corrected chi connectivity index (χ2v) is 4.75. The van der Waals surface area contributed by atoms with E-state index in [4.69, 9.17) is 4.74 Å². The molecule has 1 amide bonds. The summed E-state index contributed by atoms with van der Waals surface area (Å²) in [7, 11) is 0. The number of ether oxygens (including phenoxy) is 1. The molecule has 0 aliphatic carbocycles. The van der Waals surface area contributed by atoms with Gasteiger partial charge in [-0.2, -0.15) is 0 Å². The molecule has 1 N–H and O–H groups in total. The van der Waals surface area contributed by atoms with Gasteiger partial charge in [-0.05, 0) is 11.1 Å². The van der Waals surface area contributed by atoms with Gasteiger partial charge in [0.15, 0.2) is 0 Å². The third-order valence-electron chi connectivity index (χ3n) is 3.08. The van der Waals surface area contributed by atoms with Gasteiger partial charge < -0.3 is 20.0 Å². The van der Waals surface area contributed by atoms with Crippen molar-refractivity contribution in [3.8, 4) is 0 Å². The van der Waals surface area contributed by atoms with Gasteiger partial charge in [0, 0.05) is 12.4 Å². The Morgan fingerprint density at radius 3 is 2.18 bits per heavy atom. The lowest BCUT2D eigenvalue weighted by molar-refractivity contribution is -0.306. The Morgan fingerprint density at radius 1 is 1.00 bits per heavy atom. The van der Waals surface area contributed by atoms with E-state index >= 15 is 0 Å². The third-order valence-corrected chi connectivity index (χ3v) is 3.08. The predicted octanol–water partition coefficient (Wildman–Crippen LogP) is 1.79. The molecule has 0 aliphatic rings. The second-order valence-electron chi connectivity index (χ2n) is 4.75. The Hall–Kier alpha value is -2.82. The minimum absolute atomic E-state index is 0.125. The fraction of sp³-hybridized carbons (Fsp3) is 0.176. The molecular weight excluding hydrogens is 282 g/mol. The minimum atomic E-state index is -1.24. The molecule has 1 unspecified atom stereocenters. The number of nitrogens with one attached hydrogen (secondary N) is 1. The topological polar surface area (TPSA) is 78.5 Å². The van der Waals surface area contributed by atoms with E-state index in [0.717, 1.165) is 5.56 Å². The molecule has 0 saturated carbocycles. The fourth-order valence-corrected chi connectivity index (χ4v) is 2.01. The van der Waals surface area contributed by atoms with Gasteiger partial charge in [-0.25, -0.2) is 4.79 Å². The van der Waals surface area contributed by atoms with Crippen molar-refractivity contribution in [3.05, 3.63) is 71.8 Å². The number of carbonyl (C=O) groups is 2. The lowest BCUT2D eigenvalue weighted by atomic mass is 10.0. The number of carboxylic acid groups (broad SMARTS) is 1. The van der Waals surface area contributed by atoms with E-state index in [1.165, 1.54) is 0 Å². The smallest absolute Gasteiger partial charge is 0.407 e. The zero-order chi connectivity index (χ0) is 15.8. The Morgan fingerprint density at radius 2 is 1.59 bits per heavy atom. The van der Waals surface area contributed by atoms with E-state index in [-0.39, 0.29) is 13.0 Å². The van der Waals surface area contributed by atoms with Crippen LogP contribution in [0, 0.1) is 0 Å². The zero-order valence-electron chi connectivity index (χ0n) is 11.9. The van der Waals surface area contributed by atoms with E-state index in [1.54, 1.807) is 24.3 Å². The van der Waals surface area contributed by atoms with Crippen molar-refractivity contribution in [1.29, 1.82) is 0 Å². The number of hydrogen-bond acceptors (Lipinski definition) is 4. The molecule has 0 spiro atoms. The fourth-order valence-electron chi connectivity index (χ4n) is 2.01. The number of benzene rings is 2. The molecule has 114 valence electrons. The highest BCUT2D eigenvalue weighted by molar-refractivity contribution is 5.71. The van der Waals surface area contributed by atoms with Crippen molar-refractivity contribution >= 4 is 12.1 Å². The van der Waals surface area contributed by atoms with E-state index in [0.29, 0.717) is 5.56 Å². The lowest BCUT2D eigenvalue weighted by Crippen LogP contribution is -2.34. The highest BCUT2D eigenvalue weighted by Crippen LogP contribution is 2.16. The van der Waals surface area contributed by atoms with Crippen LogP contribution < -0.4 is 10.4 Å². The predicted molar refractivity (Wildman–Crippen MR) is 78.6 cm³/mol. The van der Waals surface area contributed by atoms with Gasteiger partial charge in [0.05, 0.1) is 6.04 Å². The van der Waals surface area contributed by atoms with Crippen LogP contribution in [0.5, 0.6) is 0 Å². The Bertz CT molecular complexity index is 613. The quantitative estimate of drug-likeness (QED) is 0.882. The highest BCUT2D eigenvalue weighted by Gasteiger charge is 2.15. The van der Waals surface area contributed by atoms with Crippen LogP contribution in [0.15, 0.2) is 60.7 Å². The molecule has 0 radical (unpaired) electrons. The average Bonchev–Trinajstić information content (AvgIpc) is 2.54. The monoisotopic (exact) mass is 298 g/mol. The number of amides is 1. The molecule has 0 fully saturated rings. The largest absolute Gasteiger partial charge is 0.550 e. The third kappa shape index (κ3) is 4.94. The Kier molecular flexibility index (Phi) is 5.54. The minimum Gasteiger partial charge on any atom is -0.550 e. The van der Waals surface area contributed by atoms with Crippen LogP contribution in [-0.2, 0) is 16.1 Å². The van der Waals surface area contributed by atoms with Crippen molar-refractivity contribution < 1.29 is 19.4 Å². The van der Waals surface area contributed by atoms with Gasteiger partial charge >= 0.3 is 6.09 Å². The number of rotatable bonds is 6. The molecule has 1 atom stereocenters. The molecule has 0 heterocycles. The van der Waals surface area contributed by atoms with Crippen LogP contribution in [0.1, 0.15) is 23.6 Å². The van der Waals surface area contributed by atoms with Crippen molar-refractivity contribution in [1.82, 2.24) is 5.32 Å². The maximum Gasteiger partial charge on any atom is 0.407 e. The Labute approximate surface area is 128 Å². The molecule has 5 heteroatoms. The van der Waals surface area contributed by atoms with Crippen molar-refractivity contribution in [2.24, 2.45) is 0 Å². The first-order chi connectivity index (χ1) is 10.6.